The summed E-state index contributed by atoms with van der Waals surface area (Å²) in [6, 6.07) is 7.87. The molecule has 1 aromatic carbocycles. The number of anilines is 2. The Hall–Kier alpha value is -3.07. The van der Waals surface area contributed by atoms with E-state index in [9.17, 15) is 8.42 Å². The zero-order valence-corrected chi connectivity index (χ0v) is 24.5. The van der Waals surface area contributed by atoms with Gasteiger partial charge in [0.2, 0.25) is 10.0 Å². The fourth-order valence-electron chi connectivity index (χ4n) is 5.41. The molecule has 0 unspecified atom stereocenters. The predicted octanol–water partition coefficient (Wildman–Crippen LogP) is 5.79. The van der Waals surface area contributed by atoms with Crippen LogP contribution in [0.2, 0.25) is 0 Å². The smallest absolute Gasteiger partial charge is 0.229 e. The SMILES string of the molecule is C=C(c1cc(C)ccc1NS(C)(=O)=O)N1CCCC[C@H]1c1cc2nc(N3CC(CC)C3)c(C)cn2n1.CC. The lowest BCUT2D eigenvalue weighted by molar-refractivity contribution is 0.226. The predicted molar refractivity (Wildman–Crippen MR) is 157 cm³/mol. The molecule has 1 atom stereocenters. The van der Waals surface area contributed by atoms with Crippen LogP contribution in [0, 0.1) is 19.8 Å². The quantitative estimate of drug-likeness (QED) is 0.410. The van der Waals surface area contributed by atoms with Crippen molar-refractivity contribution < 1.29 is 8.42 Å². The first-order chi connectivity index (χ1) is 18.1. The largest absolute Gasteiger partial charge is 0.363 e. The van der Waals surface area contributed by atoms with Gasteiger partial charge in [0.1, 0.15) is 5.82 Å². The van der Waals surface area contributed by atoms with Gasteiger partial charge in [-0.05, 0) is 57.6 Å². The third kappa shape index (κ3) is 5.82. The van der Waals surface area contributed by atoms with E-state index in [0.29, 0.717) is 5.69 Å². The van der Waals surface area contributed by atoms with Crippen LogP contribution < -0.4 is 9.62 Å². The zero-order chi connectivity index (χ0) is 27.6. The number of rotatable bonds is 7. The fraction of sp³-hybridized carbons (Fsp3) is 0.517. The highest BCUT2D eigenvalue weighted by molar-refractivity contribution is 7.92. The van der Waals surface area contributed by atoms with Crippen LogP contribution >= 0.6 is 0 Å². The number of piperidine rings is 1. The van der Waals surface area contributed by atoms with Gasteiger partial charge in [-0.25, -0.2) is 17.9 Å². The monoisotopic (exact) mass is 538 g/mol. The Bertz CT molecular complexity index is 1410. The Kier molecular flexibility index (Phi) is 8.35. The molecular formula is C29H42N6O2S. The summed E-state index contributed by atoms with van der Waals surface area (Å²) in [5.74, 6) is 1.81. The summed E-state index contributed by atoms with van der Waals surface area (Å²) in [7, 11) is -3.42. The summed E-state index contributed by atoms with van der Waals surface area (Å²) in [5, 5.41) is 4.94. The van der Waals surface area contributed by atoms with E-state index in [2.05, 4.69) is 47.2 Å². The maximum absolute atomic E-state index is 12.0. The van der Waals surface area contributed by atoms with Gasteiger partial charge in [0.25, 0.3) is 0 Å². The molecule has 206 valence electrons. The summed E-state index contributed by atoms with van der Waals surface area (Å²) in [6.45, 7) is 17.8. The Morgan fingerprint density at radius 3 is 2.58 bits per heavy atom. The van der Waals surface area contributed by atoms with E-state index in [0.717, 1.165) is 84.4 Å². The van der Waals surface area contributed by atoms with E-state index in [1.807, 2.05) is 43.5 Å². The maximum Gasteiger partial charge on any atom is 0.229 e. The van der Waals surface area contributed by atoms with E-state index in [4.69, 9.17) is 10.1 Å². The average molecular weight is 539 g/mol. The topological polar surface area (TPSA) is 82.8 Å². The lowest BCUT2D eigenvalue weighted by Gasteiger charge is -2.40. The molecule has 0 amide bonds. The molecule has 0 spiro atoms. The molecular weight excluding hydrogens is 496 g/mol. The van der Waals surface area contributed by atoms with Crippen molar-refractivity contribution in [3.05, 3.63) is 59.4 Å². The summed E-state index contributed by atoms with van der Waals surface area (Å²) >= 11 is 0. The Morgan fingerprint density at radius 1 is 1.16 bits per heavy atom. The Labute approximate surface area is 227 Å². The molecule has 4 heterocycles. The number of aryl methyl sites for hydroxylation is 2. The molecule has 0 saturated carbocycles. The van der Waals surface area contributed by atoms with Crippen LogP contribution in [0.25, 0.3) is 11.3 Å². The van der Waals surface area contributed by atoms with E-state index >= 15 is 0 Å². The molecule has 2 aliphatic rings. The van der Waals surface area contributed by atoms with E-state index < -0.39 is 10.0 Å². The number of hydrogen-bond donors (Lipinski definition) is 1. The van der Waals surface area contributed by atoms with Gasteiger partial charge in [-0.1, -0.05) is 39.0 Å². The Morgan fingerprint density at radius 2 is 1.89 bits per heavy atom. The number of sulfonamides is 1. The summed E-state index contributed by atoms with van der Waals surface area (Å²) in [4.78, 5) is 9.62. The molecule has 3 aromatic rings. The standard InChI is InChI=1S/C27H36N6O2S.C2H6/c1-6-21-16-31(17-21)27-19(3)15-33-26(28-27)14-24(29-33)25-9-7-8-12-32(25)20(4)22-13-18(2)10-11-23(22)30-36(5,34)35;1-2/h10-11,13-15,21,25,30H,4,6-9,12,16-17H2,1-3,5H3;1-2H3/t25-;/m0./s1. The van der Waals surface area contributed by atoms with Gasteiger partial charge in [0, 0.05) is 48.7 Å². The molecule has 9 heteroatoms. The minimum absolute atomic E-state index is 0.0526. The van der Waals surface area contributed by atoms with Crippen molar-refractivity contribution in [3.63, 3.8) is 0 Å². The molecule has 2 aromatic heterocycles. The molecule has 0 radical (unpaired) electrons. The van der Waals surface area contributed by atoms with Gasteiger partial charge in [0.15, 0.2) is 5.65 Å². The normalized spacial score (nSPS) is 18.1. The van der Waals surface area contributed by atoms with Gasteiger partial charge in [-0.2, -0.15) is 5.10 Å². The third-order valence-electron chi connectivity index (χ3n) is 7.43. The molecule has 0 bridgehead atoms. The summed E-state index contributed by atoms with van der Waals surface area (Å²) in [5.41, 5.74) is 6.17. The van der Waals surface area contributed by atoms with Crippen molar-refractivity contribution in [2.75, 3.05) is 35.5 Å². The number of fused-ring (bicyclic) bond motifs is 1. The van der Waals surface area contributed by atoms with Gasteiger partial charge in [-0.3, -0.25) is 4.72 Å². The van der Waals surface area contributed by atoms with Crippen molar-refractivity contribution in [2.24, 2.45) is 5.92 Å². The van der Waals surface area contributed by atoms with Gasteiger partial charge in [-0.15, -0.1) is 0 Å². The highest BCUT2D eigenvalue weighted by Gasteiger charge is 2.30. The molecule has 2 aliphatic heterocycles. The lowest BCUT2D eigenvalue weighted by atomic mass is 9.96. The van der Waals surface area contributed by atoms with Crippen molar-refractivity contribution in [2.45, 2.75) is 66.3 Å². The first kappa shape index (κ1) is 28.0. The van der Waals surface area contributed by atoms with Crippen molar-refractivity contribution >= 4 is 32.9 Å². The van der Waals surface area contributed by atoms with E-state index in [-0.39, 0.29) is 6.04 Å². The fourth-order valence-corrected chi connectivity index (χ4v) is 5.98. The van der Waals surface area contributed by atoms with Crippen LogP contribution in [0.15, 0.2) is 37.0 Å². The molecule has 8 nitrogen and oxygen atoms in total. The Balaban J connectivity index is 0.00000164. The lowest BCUT2D eigenvalue weighted by Crippen LogP contribution is -2.47. The van der Waals surface area contributed by atoms with Crippen LogP contribution in [0.4, 0.5) is 11.5 Å². The molecule has 5 rings (SSSR count). The molecule has 1 N–H and O–H groups in total. The molecule has 2 saturated heterocycles. The molecule has 38 heavy (non-hydrogen) atoms. The van der Waals surface area contributed by atoms with Gasteiger partial charge in [0.05, 0.1) is 23.7 Å². The van der Waals surface area contributed by atoms with Gasteiger partial charge < -0.3 is 9.80 Å². The first-order valence-corrected chi connectivity index (χ1v) is 15.7. The second kappa shape index (κ2) is 11.4. The maximum atomic E-state index is 12.0. The van der Waals surface area contributed by atoms with Gasteiger partial charge >= 0.3 is 0 Å². The minimum atomic E-state index is -3.42. The van der Waals surface area contributed by atoms with Crippen molar-refractivity contribution in [1.29, 1.82) is 0 Å². The second-order valence-electron chi connectivity index (χ2n) is 10.4. The van der Waals surface area contributed by atoms with Crippen molar-refractivity contribution in [1.82, 2.24) is 19.5 Å². The number of hydrogen-bond acceptors (Lipinski definition) is 6. The minimum Gasteiger partial charge on any atom is -0.363 e. The number of nitrogens with one attached hydrogen (secondary N) is 1. The van der Waals surface area contributed by atoms with Crippen LogP contribution in [-0.4, -0.2) is 53.8 Å². The molecule has 2 fully saturated rings. The van der Waals surface area contributed by atoms with Crippen LogP contribution in [0.5, 0.6) is 0 Å². The van der Waals surface area contributed by atoms with Crippen molar-refractivity contribution in [3.8, 4) is 0 Å². The highest BCUT2D eigenvalue weighted by Crippen LogP contribution is 2.39. The highest BCUT2D eigenvalue weighted by atomic mass is 32.2. The number of aromatic nitrogens is 3. The summed E-state index contributed by atoms with van der Waals surface area (Å²) in [6.07, 6.45) is 7.58. The zero-order valence-electron chi connectivity index (χ0n) is 23.7. The third-order valence-corrected chi connectivity index (χ3v) is 8.02. The van der Waals surface area contributed by atoms with Crippen LogP contribution in [-0.2, 0) is 10.0 Å². The van der Waals surface area contributed by atoms with Crippen LogP contribution in [0.3, 0.4) is 0 Å². The van der Waals surface area contributed by atoms with E-state index in [1.165, 1.54) is 12.7 Å². The number of benzene rings is 1. The second-order valence-corrected chi connectivity index (χ2v) is 12.1. The number of nitrogens with zero attached hydrogens (tertiary/aromatic N) is 5. The van der Waals surface area contributed by atoms with Crippen LogP contribution in [0.1, 0.15) is 74.9 Å². The van der Waals surface area contributed by atoms with E-state index in [1.54, 1.807) is 0 Å². The summed E-state index contributed by atoms with van der Waals surface area (Å²) < 4.78 is 28.6. The number of likely N-dealkylation sites (tertiary alicyclic amines) is 1. The first-order valence-electron chi connectivity index (χ1n) is 13.8. The molecule has 0 aliphatic carbocycles. The average Bonchev–Trinajstić information content (AvgIpc) is 3.27.